The number of benzene rings is 1. The van der Waals surface area contributed by atoms with Crippen LogP contribution < -0.4 is 9.47 Å². The smallest absolute Gasteiger partial charge is 0.161 e. The molecule has 0 amide bonds. The summed E-state index contributed by atoms with van der Waals surface area (Å²) >= 11 is 1.91. The van der Waals surface area contributed by atoms with Gasteiger partial charge in [0.25, 0.3) is 0 Å². The van der Waals surface area contributed by atoms with E-state index in [1.807, 2.05) is 11.8 Å². The number of fused-ring (bicyclic) bond motifs is 1. The van der Waals surface area contributed by atoms with Gasteiger partial charge < -0.3 is 19.3 Å². The summed E-state index contributed by atoms with van der Waals surface area (Å²) in [5.41, 5.74) is 2.78. The molecule has 0 aliphatic carbocycles. The van der Waals surface area contributed by atoms with Gasteiger partial charge in [-0.05, 0) is 40.8 Å². The normalized spacial score (nSPS) is 20.1. The summed E-state index contributed by atoms with van der Waals surface area (Å²) in [5, 5.41) is 9.16. The maximum Gasteiger partial charge on any atom is 0.161 e. The zero-order valence-corrected chi connectivity index (χ0v) is 14.7. The third kappa shape index (κ3) is 4.09. The van der Waals surface area contributed by atoms with Crippen LogP contribution in [0.1, 0.15) is 30.2 Å². The Morgan fingerprint density at radius 3 is 2.55 bits per heavy atom. The number of aliphatic hydroxyl groups excluding tert-OH is 1. The average molecular weight is 326 g/mol. The molecular weight excluding hydrogens is 300 g/mol. The second-order valence-corrected chi connectivity index (χ2v) is 7.54. The summed E-state index contributed by atoms with van der Waals surface area (Å²) in [6.07, 6.45) is 1.01. The quantitative estimate of drug-likeness (QED) is 0.814. The highest BCUT2D eigenvalue weighted by atomic mass is 32.2. The maximum atomic E-state index is 8.91. The molecule has 1 unspecified atom stereocenters. The molecule has 2 rings (SSSR count). The Hall–Kier alpha value is -0.910. The number of rotatable bonds is 6. The largest absolute Gasteiger partial charge is 0.493 e. The molecule has 1 aliphatic rings. The van der Waals surface area contributed by atoms with Crippen molar-refractivity contribution in [1.29, 1.82) is 0 Å². The predicted molar refractivity (Wildman–Crippen MR) is 90.1 cm³/mol. The van der Waals surface area contributed by atoms with Gasteiger partial charge in [0.05, 0.1) is 39.3 Å². The Morgan fingerprint density at radius 2 is 1.91 bits per heavy atom. The van der Waals surface area contributed by atoms with Gasteiger partial charge in [0, 0.05) is 0 Å². The highest BCUT2D eigenvalue weighted by Crippen LogP contribution is 2.45. The van der Waals surface area contributed by atoms with Crippen LogP contribution in [-0.4, -0.2) is 44.9 Å². The summed E-state index contributed by atoms with van der Waals surface area (Å²) in [5.74, 6) is 2.60. The zero-order chi connectivity index (χ0) is 16.2. The van der Waals surface area contributed by atoms with Gasteiger partial charge in [0.2, 0.25) is 0 Å². The highest BCUT2D eigenvalue weighted by molar-refractivity contribution is 7.99. The van der Waals surface area contributed by atoms with E-state index in [4.69, 9.17) is 19.3 Å². The van der Waals surface area contributed by atoms with E-state index in [2.05, 4.69) is 26.0 Å². The lowest BCUT2D eigenvalue weighted by Crippen LogP contribution is -2.17. The van der Waals surface area contributed by atoms with Crippen LogP contribution in [-0.2, 0) is 11.2 Å². The second kappa shape index (κ2) is 7.57. The Kier molecular flexibility index (Phi) is 6.01. The van der Waals surface area contributed by atoms with Gasteiger partial charge in [-0.2, -0.15) is 11.8 Å². The first-order chi connectivity index (χ1) is 10.5. The minimum atomic E-state index is 0.0572. The molecule has 1 aromatic rings. The fourth-order valence-electron chi connectivity index (χ4n) is 2.77. The van der Waals surface area contributed by atoms with Crippen LogP contribution >= 0.6 is 11.8 Å². The lowest BCUT2D eigenvalue weighted by molar-refractivity contribution is 0.0932. The number of ether oxygens (including phenoxy) is 3. The fourth-order valence-corrected chi connectivity index (χ4v) is 4.11. The van der Waals surface area contributed by atoms with Gasteiger partial charge in [-0.3, -0.25) is 0 Å². The third-order valence-electron chi connectivity index (χ3n) is 3.84. The summed E-state index contributed by atoms with van der Waals surface area (Å²) in [6, 6.07) is 4.18. The summed E-state index contributed by atoms with van der Waals surface area (Å²) in [6.45, 7) is 5.61. The van der Waals surface area contributed by atoms with Crippen molar-refractivity contribution >= 4 is 11.8 Å². The lowest BCUT2D eigenvalue weighted by atomic mass is 9.85. The molecule has 1 aromatic carbocycles. The number of hydrogen-bond donors (Lipinski definition) is 1. The van der Waals surface area contributed by atoms with E-state index in [0.717, 1.165) is 23.7 Å². The lowest BCUT2D eigenvalue weighted by Gasteiger charge is -2.22. The standard InChI is InChI=1S/C17H26O4S/c1-17(2)9-12-7-14(19-3)15(20-4)8-13(12)16(22-11-17)10-21-6-5-18/h7-8,16,18H,5-6,9-11H2,1-4H3. The molecule has 0 bridgehead atoms. The topological polar surface area (TPSA) is 47.9 Å². The molecule has 0 saturated heterocycles. The molecule has 0 aromatic heterocycles. The van der Waals surface area contributed by atoms with Gasteiger partial charge in [-0.1, -0.05) is 13.8 Å². The molecule has 0 saturated carbocycles. The molecule has 22 heavy (non-hydrogen) atoms. The molecule has 1 aliphatic heterocycles. The van der Waals surface area contributed by atoms with Crippen molar-refractivity contribution in [2.24, 2.45) is 5.41 Å². The average Bonchev–Trinajstić information content (AvgIpc) is 2.61. The van der Waals surface area contributed by atoms with E-state index in [-0.39, 0.29) is 17.3 Å². The van der Waals surface area contributed by atoms with Gasteiger partial charge >= 0.3 is 0 Å². The number of methoxy groups -OCH3 is 2. The van der Waals surface area contributed by atoms with Crippen LogP contribution in [0.4, 0.5) is 0 Å². The van der Waals surface area contributed by atoms with Crippen LogP contribution in [0.2, 0.25) is 0 Å². The van der Waals surface area contributed by atoms with Crippen molar-refractivity contribution in [3.05, 3.63) is 23.3 Å². The van der Waals surface area contributed by atoms with Crippen molar-refractivity contribution in [3.63, 3.8) is 0 Å². The Balaban J connectivity index is 2.37. The van der Waals surface area contributed by atoms with Crippen LogP contribution in [0.5, 0.6) is 11.5 Å². The van der Waals surface area contributed by atoms with Gasteiger partial charge in [0.15, 0.2) is 11.5 Å². The van der Waals surface area contributed by atoms with Crippen molar-refractivity contribution in [2.45, 2.75) is 25.5 Å². The van der Waals surface area contributed by atoms with Gasteiger partial charge in [-0.15, -0.1) is 0 Å². The molecule has 124 valence electrons. The molecule has 0 fully saturated rings. The first kappa shape index (κ1) is 17.4. The van der Waals surface area contributed by atoms with E-state index >= 15 is 0 Å². The van der Waals surface area contributed by atoms with Crippen LogP contribution in [0.15, 0.2) is 12.1 Å². The molecule has 5 heteroatoms. The van der Waals surface area contributed by atoms with Crippen molar-refractivity contribution in [2.75, 3.05) is 39.8 Å². The first-order valence-electron chi connectivity index (χ1n) is 7.55. The van der Waals surface area contributed by atoms with Crippen molar-refractivity contribution < 1.29 is 19.3 Å². The van der Waals surface area contributed by atoms with Crippen LogP contribution in [0.25, 0.3) is 0 Å². The van der Waals surface area contributed by atoms with E-state index < -0.39 is 0 Å². The minimum absolute atomic E-state index is 0.0572. The van der Waals surface area contributed by atoms with Crippen LogP contribution in [0, 0.1) is 5.41 Å². The summed E-state index contributed by atoms with van der Waals surface area (Å²) < 4.78 is 16.5. The first-order valence-corrected chi connectivity index (χ1v) is 8.60. The highest BCUT2D eigenvalue weighted by Gasteiger charge is 2.30. The minimum Gasteiger partial charge on any atom is -0.493 e. The molecule has 0 radical (unpaired) electrons. The van der Waals surface area contributed by atoms with E-state index in [1.165, 1.54) is 11.1 Å². The Bertz CT molecular complexity index is 502. The maximum absolute atomic E-state index is 8.91. The molecule has 1 N–H and O–H groups in total. The van der Waals surface area contributed by atoms with E-state index in [9.17, 15) is 0 Å². The summed E-state index contributed by atoms with van der Waals surface area (Å²) in [4.78, 5) is 0. The second-order valence-electron chi connectivity index (χ2n) is 6.35. The molecule has 0 spiro atoms. The number of thioether (sulfide) groups is 1. The predicted octanol–water partition coefficient (Wildman–Crippen LogP) is 3.07. The Labute approximate surface area is 137 Å². The number of hydrogen-bond acceptors (Lipinski definition) is 5. The summed E-state index contributed by atoms with van der Waals surface area (Å²) in [7, 11) is 3.33. The monoisotopic (exact) mass is 326 g/mol. The SMILES string of the molecule is COc1cc2c(cc1OC)C(COCCO)SCC(C)(C)C2. The fraction of sp³-hybridized carbons (Fsp3) is 0.647. The third-order valence-corrected chi connectivity index (χ3v) is 5.58. The van der Waals surface area contributed by atoms with Crippen LogP contribution in [0.3, 0.4) is 0 Å². The van der Waals surface area contributed by atoms with Crippen molar-refractivity contribution in [3.8, 4) is 11.5 Å². The molecule has 4 nitrogen and oxygen atoms in total. The molecular formula is C17H26O4S. The van der Waals surface area contributed by atoms with Gasteiger partial charge in [0.1, 0.15) is 0 Å². The zero-order valence-electron chi connectivity index (χ0n) is 13.8. The van der Waals surface area contributed by atoms with Gasteiger partial charge in [-0.25, -0.2) is 0 Å². The number of aliphatic hydroxyl groups is 1. The molecule has 1 atom stereocenters. The molecule has 1 heterocycles. The van der Waals surface area contributed by atoms with E-state index in [1.54, 1.807) is 14.2 Å². The Morgan fingerprint density at radius 1 is 1.23 bits per heavy atom. The van der Waals surface area contributed by atoms with E-state index in [0.29, 0.717) is 13.2 Å². The van der Waals surface area contributed by atoms with Crippen molar-refractivity contribution in [1.82, 2.24) is 0 Å².